The van der Waals surface area contributed by atoms with E-state index in [-0.39, 0.29) is 12.8 Å². The highest BCUT2D eigenvalue weighted by atomic mass is 16.6. The molecule has 17 heavy (non-hydrogen) atoms. The van der Waals surface area contributed by atoms with E-state index in [4.69, 9.17) is 0 Å². The first-order chi connectivity index (χ1) is 8.00. The Morgan fingerprint density at radius 2 is 1.71 bits per heavy atom. The zero-order valence-electron chi connectivity index (χ0n) is 9.48. The van der Waals surface area contributed by atoms with Crippen LogP contribution in [0, 0.1) is 20.2 Å². The second-order valence-electron chi connectivity index (χ2n) is 4.00. The lowest BCUT2D eigenvalue weighted by molar-refractivity contribution is -0.557. The second kappa shape index (κ2) is 5.93. The van der Waals surface area contributed by atoms with Crippen LogP contribution in [0.4, 0.5) is 0 Å². The highest BCUT2D eigenvalue weighted by Crippen LogP contribution is 2.11. The summed E-state index contributed by atoms with van der Waals surface area (Å²) in [6.07, 6.45) is 0.181. The van der Waals surface area contributed by atoms with Crippen LogP contribution in [0.2, 0.25) is 0 Å². The normalized spacial score (nSPS) is 13.9. The zero-order valence-corrected chi connectivity index (χ0v) is 9.48. The number of benzene rings is 1. The molecule has 1 aromatic carbocycles. The number of nitro groups is 2. The predicted octanol–water partition coefficient (Wildman–Crippen LogP) is 1.93. The third-order valence-corrected chi connectivity index (χ3v) is 2.59. The highest BCUT2D eigenvalue weighted by Gasteiger charge is 2.28. The summed E-state index contributed by atoms with van der Waals surface area (Å²) in [6, 6.07) is 7.18. The molecule has 2 atom stereocenters. The summed E-state index contributed by atoms with van der Waals surface area (Å²) in [5, 5.41) is 21.3. The predicted molar refractivity (Wildman–Crippen MR) is 62.0 cm³/mol. The minimum atomic E-state index is -0.905. The molecule has 0 aliphatic carbocycles. The van der Waals surface area contributed by atoms with Gasteiger partial charge in [-0.1, -0.05) is 30.3 Å². The molecule has 0 aromatic heterocycles. The van der Waals surface area contributed by atoms with E-state index < -0.39 is 21.9 Å². The average molecular weight is 238 g/mol. The van der Waals surface area contributed by atoms with Crippen molar-refractivity contribution in [1.82, 2.24) is 0 Å². The van der Waals surface area contributed by atoms with Crippen molar-refractivity contribution in [2.75, 3.05) is 0 Å². The Hall–Kier alpha value is -1.98. The van der Waals surface area contributed by atoms with Crippen molar-refractivity contribution in [3.05, 3.63) is 56.1 Å². The molecule has 0 aliphatic rings. The Labute approximate surface area is 98.6 Å². The van der Waals surface area contributed by atoms with Gasteiger partial charge < -0.3 is 0 Å². The third kappa shape index (κ3) is 4.18. The monoisotopic (exact) mass is 238 g/mol. The summed E-state index contributed by atoms with van der Waals surface area (Å²) in [7, 11) is 0. The van der Waals surface area contributed by atoms with Gasteiger partial charge in [-0.05, 0) is 5.56 Å². The van der Waals surface area contributed by atoms with Gasteiger partial charge in [-0.3, -0.25) is 20.2 Å². The first-order valence-corrected chi connectivity index (χ1v) is 5.31. The molecular formula is C11H14N2O4. The van der Waals surface area contributed by atoms with E-state index in [0.717, 1.165) is 5.56 Å². The van der Waals surface area contributed by atoms with Gasteiger partial charge in [0, 0.05) is 23.2 Å². The summed E-state index contributed by atoms with van der Waals surface area (Å²) in [6.45, 7) is 1.39. The van der Waals surface area contributed by atoms with E-state index in [2.05, 4.69) is 0 Å². The van der Waals surface area contributed by atoms with Crippen molar-refractivity contribution in [1.29, 1.82) is 0 Å². The van der Waals surface area contributed by atoms with Gasteiger partial charge >= 0.3 is 0 Å². The average Bonchev–Trinajstić information content (AvgIpc) is 2.29. The van der Waals surface area contributed by atoms with Crippen molar-refractivity contribution in [3.8, 4) is 0 Å². The molecule has 0 N–H and O–H groups in total. The van der Waals surface area contributed by atoms with Crippen LogP contribution in [0.5, 0.6) is 0 Å². The van der Waals surface area contributed by atoms with Crippen LogP contribution in [0.25, 0.3) is 0 Å². The van der Waals surface area contributed by atoms with Crippen molar-refractivity contribution in [3.63, 3.8) is 0 Å². The van der Waals surface area contributed by atoms with Crippen molar-refractivity contribution >= 4 is 0 Å². The summed E-state index contributed by atoms with van der Waals surface area (Å²) in [5.74, 6) is 0. The van der Waals surface area contributed by atoms with Crippen LogP contribution in [0.3, 0.4) is 0 Å². The number of rotatable bonds is 6. The molecule has 0 heterocycles. The minimum absolute atomic E-state index is 0.0467. The molecule has 0 bridgehead atoms. The van der Waals surface area contributed by atoms with Gasteiger partial charge in [0.2, 0.25) is 12.1 Å². The van der Waals surface area contributed by atoms with E-state index in [1.807, 2.05) is 6.07 Å². The van der Waals surface area contributed by atoms with Gasteiger partial charge in [-0.25, -0.2) is 0 Å². The Morgan fingerprint density at radius 1 is 1.12 bits per heavy atom. The number of nitrogens with zero attached hydrogens (tertiary/aromatic N) is 2. The fourth-order valence-electron chi connectivity index (χ4n) is 1.61. The van der Waals surface area contributed by atoms with Crippen molar-refractivity contribution < 1.29 is 9.85 Å². The first-order valence-electron chi connectivity index (χ1n) is 5.31. The number of hydrogen-bond acceptors (Lipinski definition) is 4. The molecule has 0 fully saturated rings. The van der Waals surface area contributed by atoms with Crippen LogP contribution < -0.4 is 0 Å². The van der Waals surface area contributed by atoms with Crippen LogP contribution in [-0.4, -0.2) is 21.9 Å². The van der Waals surface area contributed by atoms with Gasteiger partial charge in [-0.15, -0.1) is 0 Å². The maximum atomic E-state index is 10.8. The van der Waals surface area contributed by atoms with Gasteiger partial charge in [0.1, 0.15) is 0 Å². The summed E-state index contributed by atoms with van der Waals surface area (Å²) < 4.78 is 0. The topological polar surface area (TPSA) is 86.3 Å². The Kier molecular flexibility index (Phi) is 4.56. The molecule has 0 amide bonds. The molecule has 1 aromatic rings. The lowest BCUT2D eigenvalue weighted by Gasteiger charge is -2.10. The molecule has 0 saturated heterocycles. The summed E-state index contributed by atoms with van der Waals surface area (Å²) in [4.78, 5) is 20.4. The smallest absolute Gasteiger partial charge is 0.223 e. The molecule has 0 spiro atoms. The molecular weight excluding hydrogens is 224 g/mol. The van der Waals surface area contributed by atoms with Gasteiger partial charge in [-0.2, -0.15) is 0 Å². The fraction of sp³-hybridized carbons (Fsp3) is 0.455. The van der Waals surface area contributed by atoms with Gasteiger partial charge in [0.25, 0.3) is 0 Å². The number of hydrogen-bond donors (Lipinski definition) is 0. The van der Waals surface area contributed by atoms with Crippen LogP contribution in [0.15, 0.2) is 30.3 Å². The van der Waals surface area contributed by atoms with Crippen LogP contribution >= 0.6 is 0 Å². The quantitative estimate of drug-likeness (QED) is 0.559. The maximum Gasteiger partial charge on any atom is 0.223 e. The summed E-state index contributed by atoms with van der Waals surface area (Å²) >= 11 is 0. The Balaban J connectivity index is 2.67. The van der Waals surface area contributed by atoms with E-state index >= 15 is 0 Å². The fourth-order valence-corrected chi connectivity index (χ4v) is 1.61. The lowest BCUT2D eigenvalue weighted by atomic mass is 10.0. The largest absolute Gasteiger partial charge is 0.264 e. The van der Waals surface area contributed by atoms with E-state index in [1.165, 1.54) is 6.92 Å². The molecule has 0 aliphatic heterocycles. The first kappa shape index (κ1) is 13.1. The van der Waals surface area contributed by atoms with E-state index in [9.17, 15) is 20.2 Å². The third-order valence-electron chi connectivity index (χ3n) is 2.59. The maximum absolute atomic E-state index is 10.8. The summed E-state index contributed by atoms with van der Waals surface area (Å²) in [5.41, 5.74) is 0.824. The molecule has 0 saturated carbocycles. The lowest BCUT2D eigenvalue weighted by Crippen LogP contribution is -2.30. The van der Waals surface area contributed by atoms with Crippen LogP contribution in [0.1, 0.15) is 18.9 Å². The van der Waals surface area contributed by atoms with Crippen molar-refractivity contribution in [2.45, 2.75) is 31.8 Å². The molecule has 6 nitrogen and oxygen atoms in total. The molecule has 2 unspecified atom stereocenters. The standard InChI is InChI=1S/C11H14N2O4/c1-9(12(14)15)7-11(13(16)17)8-10-5-3-2-4-6-10/h2-6,9,11H,7-8H2,1H3. The van der Waals surface area contributed by atoms with E-state index in [1.54, 1.807) is 24.3 Å². The van der Waals surface area contributed by atoms with E-state index in [0.29, 0.717) is 0 Å². The Bertz CT molecular complexity index is 394. The molecule has 6 heteroatoms. The zero-order chi connectivity index (χ0) is 12.8. The van der Waals surface area contributed by atoms with Crippen molar-refractivity contribution in [2.24, 2.45) is 0 Å². The van der Waals surface area contributed by atoms with Gasteiger partial charge in [0.15, 0.2) is 0 Å². The molecule has 1 rings (SSSR count). The molecule has 0 radical (unpaired) electrons. The highest BCUT2D eigenvalue weighted by molar-refractivity contribution is 5.15. The minimum Gasteiger partial charge on any atom is -0.264 e. The van der Waals surface area contributed by atoms with Gasteiger partial charge in [0.05, 0.1) is 6.42 Å². The van der Waals surface area contributed by atoms with Crippen LogP contribution in [-0.2, 0) is 6.42 Å². The molecule has 92 valence electrons. The second-order valence-corrected chi connectivity index (χ2v) is 4.00. The SMILES string of the molecule is CC(CC(Cc1ccccc1)[N+](=O)[O-])[N+](=O)[O-]. The Morgan fingerprint density at radius 3 is 2.18 bits per heavy atom.